The van der Waals surface area contributed by atoms with Crippen molar-refractivity contribution in [3.8, 4) is 0 Å². The van der Waals surface area contributed by atoms with Gasteiger partial charge in [-0.05, 0) is 53.0 Å². The average Bonchev–Trinajstić information content (AvgIpc) is 2.79. The number of hydrogen-bond acceptors (Lipinski definition) is 2. The average molecular weight is 295 g/mol. The van der Waals surface area contributed by atoms with Crippen LogP contribution in [0.3, 0.4) is 0 Å². The van der Waals surface area contributed by atoms with Crippen LogP contribution in [0.4, 0.5) is 5.82 Å². The van der Waals surface area contributed by atoms with Crippen LogP contribution in [0.25, 0.3) is 0 Å². The molecule has 2 N–H and O–H groups in total. The van der Waals surface area contributed by atoms with Crippen LogP contribution in [0.15, 0.2) is 6.07 Å². The highest BCUT2D eigenvalue weighted by Gasteiger charge is 2.27. The minimum absolute atomic E-state index is 0.530. The summed E-state index contributed by atoms with van der Waals surface area (Å²) in [5.74, 6) is 1.21. The first-order valence-electron chi connectivity index (χ1n) is 3.80. The van der Waals surface area contributed by atoms with E-state index in [9.17, 15) is 0 Å². The molecular formula is C8H8ClIN2. The summed E-state index contributed by atoms with van der Waals surface area (Å²) in [5.41, 5.74) is 6.87. The van der Waals surface area contributed by atoms with Gasteiger partial charge in [0.2, 0.25) is 0 Å². The van der Waals surface area contributed by atoms with E-state index in [0.29, 0.717) is 16.9 Å². The lowest BCUT2D eigenvalue weighted by molar-refractivity contribution is 1.09. The van der Waals surface area contributed by atoms with Gasteiger partial charge >= 0.3 is 0 Å². The van der Waals surface area contributed by atoms with Crippen molar-refractivity contribution < 1.29 is 0 Å². The fraction of sp³-hybridized carbons (Fsp3) is 0.375. The molecule has 1 fully saturated rings. The third-order valence-electron chi connectivity index (χ3n) is 1.98. The zero-order valence-corrected chi connectivity index (χ0v) is 9.26. The number of nitrogens with zero attached hydrogens (tertiary/aromatic N) is 1. The molecule has 0 amide bonds. The van der Waals surface area contributed by atoms with Gasteiger partial charge in [0.05, 0.1) is 3.57 Å². The van der Waals surface area contributed by atoms with Crippen molar-refractivity contribution in [2.45, 2.75) is 18.8 Å². The summed E-state index contributed by atoms with van der Waals surface area (Å²) in [6.07, 6.45) is 2.52. The molecular weight excluding hydrogens is 286 g/mol. The highest BCUT2D eigenvalue weighted by atomic mass is 127. The molecule has 12 heavy (non-hydrogen) atoms. The summed E-state index contributed by atoms with van der Waals surface area (Å²) < 4.78 is 1.06. The minimum atomic E-state index is 0.530. The number of nitrogens with two attached hydrogens (primary N) is 1. The van der Waals surface area contributed by atoms with Gasteiger partial charge in [0.25, 0.3) is 0 Å². The summed E-state index contributed by atoms with van der Waals surface area (Å²) >= 11 is 8.12. The predicted octanol–water partition coefficient (Wildman–Crippen LogP) is 2.80. The van der Waals surface area contributed by atoms with Crippen LogP contribution in [-0.4, -0.2) is 4.98 Å². The Bertz CT molecular complexity index is 323. The highest BCUT2D eigenvalue weighted by Crippen LogP contribution is 2.43. The number of aromatic nitrogens is 1. The van der Waals surface area contributed by atoms with Gasteiger partial charge in [-0.1, -0.05) is 11.6 Å². The molecule has 2 nitrogen and oxygen atoms in total. The summed E-state index contributed by atoms with van der Waals surface area (Å²) in [5, 5.41) is 0.539. The van der Waals surface area contributed by atoms with Gasteiger partial charge in [0.15, 0.2) is 0 Å². The molecule has 64 valence electrons. The maximum Gasteiger partial charge on any atom is 0.145 e. The van der Waals surface area contributed by atoms with Gasteiger partial charge in [0.1, 0.15) is 11.0 Å². The maximum absolute atomic E-state index is 5.89. The second kappa shape index (κ2) is 3.03. The molecule has 2 rings (SSSR count). The molecule has 1 heterocycles. The van der Waals surface area contributed by atoms with Crippen LogP contribution >= 0.6 is 34.2 Å². The van der Waals surface area contributed by atoms with E-state index in [-0.39, 0.29) is 0 Å². The van der Waals surface area contributed by atoms with Crippen LogP contribution in [0.5, 0.6) is 0 Å². The van der Waals surface area contributed by atoms with Gasteiger partial charge in [-0.2, -0.15) is 0 Å². The van der Waals surface area contributed by atoms with Crippen molar-refractivity contribution in [1.29, 1.82) is 0 Å². The van der Waals surface area contributed by atoms with Crippen LogP contribution in [0.1, 0.15) is 24.3 Å². The maximum atomic E-state index is 5.89. The van der Waals surface area contributed by atoms with Crippen molar-refractivity contribution in [2.75, 3.05) is 5.73 Å². The van der Waals surface area contributed by atoms with E-state index >= 15 is 0 Å². The molecule has 0 aromatic carbocycles. The van der Waals surface area contributed by atoms with Crippen molar-refractivity contribution in [1.82, 2.24) is 4.98 Å². The van der Waals surface area contributed by atoms with E-state index < -0.39 is 0 Å². The second-order valence-corrected chi connectivity index (χ2v) is 4.45. The zero-order chi connectivity index (χ0) is 8.72. The lowest BCUT2D eigenvalue weighted by Gasteiger charge is -2.04. The summed E-state index contributed by atoms with van der Waals surface area (Å²) in [6.45, 7) is 0. The molecule has 0 radical (unpaired) electrons. The van der Waals surface area contributed by atoms with Gasteiger partial charge in [0, 0.05) is 0 Å². The highest BCUT2D eigenvalue weighted by molar-refractivity contribution is 14.1. The third-order valence-corrected chi connectivity index (χ3v) is 3.71. The van der Waals surface area contributed by atoms with Gasteiger partial charge in [-0.3, -0.25) is 0 Å². The first-order chi connectivity index (χ1) is 5.68. The van der Waals surface area contributed by atoms with E-state index in [1.165, 1.54) is 18.4 Å². The molecule has 0 aliphatic heterocycles. The summed E-state index contributed by atoms with van der Waals surface area (Å²) in [4.78, 5) is 3.98. The number of hydrogen-bond donors (Lipinski definition) is 1. The van der Waals surface area contributed by atoms with E-state index in [0.717, 1.165) is 3.57 Å². The van der Waals surface area contributed by atoms with Crippen LogP contribution in [0.2, 0.25) is 5.15 Å². The van der Waals surface area contributed by atoms with Crippen LogP contribution in [0, 0.1) is 3.57 Å². The zero-order valence-electron chi connectivity index (χ0n) is 6.35. The quantitative estimate of drug-likeness (QED) is 0.639. The first-order valence-corrected chi connectivity index (χ1v) is 5.25. The number of anilines is 1. The molecule has 4 heteroatoms. The van der Waals surface area contributed by atoms with Crippen molar-refractivity contribution in [3.05, 3.63) is 20.4 Å². The van der Waals surface area contributed by atoms with Crippen LogP contribution < -0.4 is 5.73 Å². The molecule has 1 aromatic heterocycles. The Kier molecular flexibility index (Phi) is 2.16. The summed E-state index contributed by atoms with van der Waals surface area (Å²) in [7, 11) is 0. The molecule has 1 saturated carbocycles. The van der Waals surface area contributed by atoms with Gasteiger partial charge < -0.3 is 5.73 Å². The molecule has 0 spiro atoms. The number of rotatable bonds is 1. The Labute approximate surface area is 89.6 Å². The number of halogens is 2. The lowest BCUT2D eigenvalue weighted by atomic mass is 10.2. The van der Waals surface area contributed by atoms with E-state index in [1.807, 2.05) is 6.07 Å². The van der Waals surface area contributed by atoms with E-state index in [1.54, 1.807) is 0 Å². The molecule has 0 unspecified atom stereocenters. The minimum Gasteiger partial charge on any atom is -0.384 e. The largest absolute Gasteiger partial charge is 0.384 e. The molecule has 1 aliphatic carbocycles. The molecule has 1 aromatic rings. The Morgan fingerprint density at radius 2 is 2.25 bits per heavy atom. The predicted molar refractivity (Wildman–Crippen MR) is 58.4 cm³/mol. The van der Waals surface area contributed by atoms with Crippen molar-refractivity contribution in [3.63, 3.8) is 0 Å². The monoisotopic (exact) mass is 294 g/mol. The molecule has 1 aliphatic rings. The fourth-order valence-corrected chi connectivity index (χ4v) is 2.15. The molecule has 0 bridgehead atoms. The van der Waals surface area contributed by atoms with E-state index in [2.05, 4.69) is 27.6 Å². The Balaban J connectivity index is 2.51. The fourth-order valence-electron chi connectivity index (χ4n) is 1.23. The smallest absolute Gasteiger partial charge is 0.145 e. The first kappa shape index (κ1) is 8.56. The topological polar surface area (TPSA) is 38.9 Å². The van der Waals surface area contributed by atoms with Crippen molar-refractivity contribution in [2.24, 2.45) is 0 Å². The number of nitrogen functional groups attached to an aromatic ring is 1. The third kappa shape index (κ3) is 1.52. The molecule has 0 atom stereocenters. The lowest BCUT2D eigenvalue weighted by Crippen LogP contribution is -1.96. The Hall–Kier alpha value is -0.0300. The second-order valence-electron chi connectivity index (χ2n) is 3.02. The Morgan fingerprint density at radius 3 is 2.83 bits per heavy atom. The standard InChI is InChI=1S/C8H8ClIN2/c9-8-7(10)5(4-1-2-4)3-6(11)12-8/h3-4H,1-2H2,(H2,11,12). The van der Waals surface area contributed by atoms with Gasteiger partial charge in [-0.25, -0.2) is 4.98 Å². The van der Waals surface area contributed by atoms with Crippen LogP contribution in [-0.2, 0) is 0 Å². The molecule has 0 saturated heterocycles. The normalized spacial score (nSPS) is 16.5. The SMILES string of the molecule is Nc1cc(C2CC2)c(I)c(Cl)n1. The summed E-state index contributed by atoms with van der Waals surface area (Å²) in [6, 6.07) is 1.94. The van der Waals surface area contributed by atoms with Crippen molar-refractivity contribution >= 4 is 40.0 Å². The van der Waals surface area contributed by atoms with Gasteiger partial charge in [-0.15, -0.1) is 0 Å². The number of pyridine rings is 1. The Morgan fingerprint density at radius 1 is 1.58 bits per heavy atom. The van der Waals surface area contributed by atoms with E-state index in [4.69, 9.17) is 17.3 Å².